The van der Waals surface area contributed by atoms with Crippen LogP contribution in [0.3, 0.4) is 0 Å². The highest BCUT2D eigenvalue weighted by atomic mass is 19.4. The van der Waals surface area contributed by atoms with Crippen LogP contribution in [-0.2, 0) is 59.4 Å². The quantitative estimate of drug-likeness (QED) is 0.0913. The zero-order valence-corrected chi connectivity index (χ0v) is 44.4. The van der Waals surface area contributed by atoms with Gasteiger partial charge in [-0.05, 0) is 109 Å². The summed E-state index contributed by atoms with van der Waals surface area (Å²) in [7, 11) is 3.04. The van der Waals surface area contributed by atoms with Gasteiger partial charge in [0.1, 0.15) is 31.3 Å². The number of amides is 5. The molecular weight excluding hydrogens is 989 g/mol. The van der Waals surface area contributed by atoms with Crippen molar-refractivity contribution in [1.29, 1.82) is 0 Å². The minimum absolute atomic E-state index is 0.137. The van der Waals surface area contributed by atoms with Crippen molar-refractivity contribution in [3.63, 3.8) is 0 Å². The predicted octanol–water partition coefficient (Wildman–Crippen LogP) is 7.71. The SMILES string of the molecule is C=CC(=O)N1CCOC2(CCN(C(=O)N(C)[C@H](C(=O)N[C@H]3Cc4cc(CF)cc(c4)-c4ccc5c(c4)c(c(-c4cccnc4[C@H](C)OC)n5CC(F)(F)F)CC(C)(C)COC(=O)[C@@H]4CCCN(N4)C3=O)C(C)C)CC2)C1. The van der Waals surface area contributed by atoms with Crippen molar-refractivity contribution in [2.45, 2.75) is 122 Å². The van der Waals surface area contributed by atoms with E-state index in [0.717, 1.165) is 0 Å². The summed E-state index contributed by atoms with van der Waals surface area (Å²) >= 11 is 0. The summed E-state index contributed by atoms with van der Waals surface area (Å²) in [4.78, 5) is 79.7. The van der Waals surface area contributed by atoms with Crippen molar-refractivity contribution in [1.82, 2.24) is 40.0 Å². The van der Waals surface area contributed by atoms with E-state index in [1.807, 2.05) is 13.8 Å². The van der Waals surface area contributed by atoms with Gasteiger partial charge in [0.25, 0.3) is 5.91 Å². The van der Waals surface area contributed by atoms with E-state index in [1.54, 1.807) is 92.3 Å². The van der Waals surface area contributed by atoms with Crippen molar-refractivity contribution >= 4 is 40.6 Å². The molecular formula is C56H70F4N8O8. The second kappa shape index (κ2) is 22.7. The van der Waals surface area contributed by atoms with Crippen molar-refractivity contribution in [3.05, 3.63) is 89.8 Å². The van der Waals surface area contributed by atoms with Gasteiger partial charge in [-0.2, -0.15) is 13.2 Å². The summed E-state index contributed by atoms with van der Waals surface area (Å²) in [5.41, 5.74) is 5.36. The van der Waals surface area contributed by atoms with E-state index >= 15 is 4.39 Å². The zero-order chi connectivity index (χ0) is 54.9. The van der Waals surface area contributed by atoms with Crippen LogP contribution < -0.4 is 10.7 Å². The van der Waals surface area contributed by atoms with E-state index < -0.39 is 84.4 Å². The maximum Gasteiger partial charge on any atom is 0.406 e. The van der Waals surface area contributed by atoms with E-state index in [4.69, 9.17) is 14.2 Å². The summed E-state index contributed by atoms with van der Waals surface area (Å²) in [5, 5.41) is 4.75. The number of carbonyl (C=O) groups excluding carboxylic acids is 5. The number of hydrogen-bond donors (Lipinski definition) is 2. The van der Waals surface area contributed by atoms with Gasteiger partial charge >= 0.3 is 18.2 Å². The normalized spacial score (nSPS) is 21.0. The Hall–Kier alpha value is -6.38. The molecule has 4 aromatic rings. The summed E-state index contributed by atoms with van der Waals surface area (Å²) in [5.74, 6) is -2.44. The Morgan fingerprint density at radius 3 is 2.46 bits per heavy atom. The number of cyclic esters (lactones) is 1. The lowest BCUT2D eigenvalue weighted by molar-refractivity contribution is -0.155. The van der Waals surface area contributed by atoms with Crippen LogP contribution in [0.4, 0.5) is 22.4 Å². The van der Waals surface area contributed by atoms with Gasteiger partial charge < -0.3 is 38.8 Å². The monoisotopic (exact) mass is 1060 g/mol. The highest BCUT2D eigenvalue weighted by Gasteiger charge is 2.44. The average Bonchev–Trinajstić information content (AvgIpc) is 3.72. The molecule has 0 aliphatic carbocycles. The fourth-order valence-electron chi connectivity index (χ4n) is 11.3. The number of fused-ring (bicyclic) bond motifs is 6. The molecule has 0 saturated carbocycles. The van der Waals surface area contributed by atoms with E-state index in [-0.39, 0.29) is 48.7 Å². The number of esters is 1. The second-order valence-corrected chi connectivity index (χ2v) is 21.8. The minimum atomic E-state index is -4.64. The highest BCUT2D eigenvalue weighted by Crippen LogP contribution is 2.43. The molecule has 4 aliphatic heterocycles. The first-order chi connectivity index (χ1) is 36.0. The Balaban J connectivity index is 1.17. The molecule has 6 heterocycles. The number of halogens is 4. The number of methoxy groups -OCH3 is 1. The van der Waals surface area contributed by atoms with Crippen LogP contribution in [0, 0.1) is 11.3 Å². The first-order valence-electron chi connectivity index (χ1n) is 26.1. The van der Waals surface area contributed by atoms with Crippen LogP contribution in [0.15, 0.2) is 67.4 Å². The smallest absolute Gasteiger partial charge is 0.406 e. The van der Waals surface area contributed by atoms with Crippen LogP contribution in [0.1, 0.15) is 88.8 Å². The van der Waals surface area contributed by atoms with Crippen LogP contribution in [0.2, 0.25) is 0 Å². The average molecular weight is 1060 g/mol. The lowest BCUT2D eigenvalue weighted by Crippen LogP contribution is -2.63. The van der Waals surface area contributed by atoms with Crippen LogP contribution in [0.5, 0.6) is 0 Å². The number of carbonyl (C=O) groups is 5. The molecule has 2 aromatic heterocycles. The number of hydrazine groups is 1. The lowest BCUT2D eigenvalue weighted by atomic mass is 9.84. The van der Waals surface area contributed by atoms with Crippen molar-refractivity contribution in [3.8, 4) is 22.4 Å². The minimum Gasteiger partial charge on any atom is -0.464 e. The Bertz CT molecular complexity index is 2840. The van der Waals surface area contributed by atoms with E-state index in [2.05, 4.69) is 22.3 Å². The summed E-state index contributed by atoms with van der Waals surface area (Å²) in [6.07, 6.45) is -0.723. The number of hydrogen-bond acceptors (Lipinski definition) is 10. The number of ether oxygens (including phenoxy) is 3. The number of pyridine rings is 1. The number of likely N-dealkylation sites (N-methyl/N-ethyl adjacent to an activating group) is 1. The number of urea groups is 1. The number of nitrogens with zero attached hydrogens (tertiary/aromatic N) is 6. The Kier molecular flexibility index (Phi) is 16.7. The third-order valence-corrected chi connectivity index (χ3v) is 15.2. The molecule has 4 atom stereocenters. The molecule has 5 amide bonds. The van der Waals surface area contributed by atoms with Gasteiger partial charge in [-0.25, -0.2) is 14.6 Å². The van der Waals surface area contributed by atoms with Crippen molar-refractivity contribution in [2.24, 2.45) is 11.3 Å². The molecule has 3 saturated heterocycles. The molecule has 2 N–H and O–H groups in total. The third-order valence-electron chi connectivity index (χ3n) is 15.2. The maximum atomic E-state index is 15.0. The fourth-order valence-corrected chi connectivity index (χ4v) is 11.3. The molecule has 1 spiro atoms. The second-order valence-electron chi connectivity index (χ2n) is 21.8. The zero-order valence-electron chi connectivity index (χ0n) is 44.4. The molecule has 6 bridgehead atoms. The molecule has 2 aromatic carbocycles. The van der Waals surface area contributed by atoms with Crippen LogP contribution >= 0.6 is 0 Å². The van der Waals surface area contributed by atoms with Gasteiger partial charge in [0, 0.05) is 74.8 Å². The molecule has 76 heavy (non-hydrogen) atoms. The number of nitrogens with one attached hydrogen (secondary N) is 2. The fraction of sp³-hybridized carbons (Fsp3) is 0.536. The Morgan fingerprint density at radius 2 is 1.78 bits per heavy atom. The number of rotatable bonds is 10. The lowest BCUT2D eigenvalue weighted by Gasteiger charge is -2.47. The maximum absolute atomic E-state index is 15.0. The number of aromatic nitrogens is 2. The first kappa shape index (κ1) is 55.8. The largest absolute Gasteiger partial charge is 0.464 e. The standard InChI is InChI=1S/C56H70F4N8O8/c1-9-46(69)66-22-23-76-55(31-66)16-20-65(21-17-55)53(73)64(7)48(34(2)3)50(70)62-44-27-36-24-37(30-57)26-39(25-36)38-14-15-45-41(28-38)42(29-54(5,6)33-75-52(72)43-13-11-19-68(63-43)51(44)71)49(67(45)32-56(58,59)60)40-12-10-18-61-47(40)35(4)74-8/h9-10,12,14-15,18,24-26,28,34-35,43-44,48,63H,1,11,13,16-17,19-23,27,29-33H2,2-8H3,(H,62,70)/t35-,43-,44-,48-/m0/s1. The van der Waals surface area contributed by atoms with Gasteiger partial charge in [0.2, 0.25) is 11.8 Å². The van der Waals surface area contributed by atoms with Crippen LogP contribution in [0.25, 0.3) is 33.3 Å². The van der Waals surface area contributed by atoms with Gasteiger partial charge in [0.05, 0.1) is 42.9 Å². The molecule has 4 aliphatic rings. The number of piperidine rings is 1. The number of benzene rings is 2. The molecule has 8 rings (SSSR count). The number of likely N-dealkylation sites (tertiary alicyclic amines) is 1. The van der Waals surface area contributed by atoms with E-state index in [0.29, 0.717) is 97.4 Å². The van der Waals surface area contributed by atoms with Gasteiger partial charge in [-0.15, -0.1) is 0 Å². The highest BCUT2D eigenvalue weighted by molar-refractivity contribution is 5.96. The van der Waals surface area contributed by atoms with Gasteiger partial charge in [0.15, 0.2) is 0 Å². The Labute approximate surface area is 441 Å². The topological polar surface area (TPSA) is 168 Å². The van der Waals surface area contributed by atoms with E-state index in [1.165, 1.54) is 27.7 Å². The summed E-state index contributed by atoms with van der Waals surface area (Å²) in [6, 6.07) is 9.79. The molecule has 3 fully saturated rings. The number of morpholine rings is 1. The molecule has 16 nitrogen and oxygen atoms in total. The first-order valence-corrected chi connectivity index (χ1v) is 26.1. The summed E-state index contributed by atoms with van der Waals surface area (Å²) < 4.78 is 78.6. The van der Waals surface area contributed by atoms with Gasteiger partial charge in [-0.3, -0.25) is 29.2 Å². The van der Waals surface area contributed by atoms with Crippen LogP contribution in [-0.4, -0.2) is 149 Å². The Morgan fingerprint density at radius 1 is 1.03 bits per heavy atom. The number of alkyl halides is 4. The molecule has 410 valence electrons. The van der Waals surface area contributed by atoms with E-state index in [9.17, 15) is 37.1 Å². The van der Waals surface area contributed by atoms with Crippen molar-refractivity contribution < 1.29 is 55.7 Å². The molecule has 20 heteroatoms. The molecule has 0 radical (unpaired) electrons. The van der Waals surface area contributed by atoms with Gasteiger partial charge in [-0.1, -0.05) is 52.5 Å². The third kappa shape index (κ3) is 12.1. The van der Waals surface area contributed by atoms with Crippen molar-refractivity contribution in [2.75, 3.05) is 60.1 Å². The summed E-state index contributed by atoms with van der Waals surface area (Å²) in [6.45, 7) is 12.3. The predicted molar refractivity (Wildman–Crippen MR) is 277 cm³/mol. The molecule has 0 unspecified atom stereocenters.